The molecule has 5 rings (SSSR count). The van der Waals surface area contributed by atoms with Crippen LogP contribution in [0.4, 0.5) is 0 Å². The van der Waals surface area contributed by atoms with Gasteiger partial charge in [0.05, 0.1) is 6.04 Å². The van der Waals surface area contributed by atoms with Crippen LogP contribution in [0.15, 0.2) is 53.1 Å². The molecule has 0 saturated carbocycles. The molecule has 1 aliphatic heterocycles. The molecule has 3 aromatic rings. The highest BCUT2D eigenvalue weighted by Crippen LogP contribution is 2.35. The van der Waals surface area contributed by atoms with Crippen LogP contribution < -0.4 is 19.5 Å². The SMILES string of the molecule is O=C(N[C@@H]1CCc2ccccc21)c1coc(COc2ccc3c(c2)OCO3)n1. The molecule has 2 heterocycles. The van der Waals surface area contributed by atoms with Crippen LogP contribution >= 0.6 is 0 Å². The van der Waals surface area contributed by atoms with Gasteiger partial charge < -0.3 is 23.9 Å². The van der Waals surface area contributed by atoms with E-state index in [1.54, 1.807) is 18.2 Å². The van der Waals surface area contributed by atoms with Crippen molar-refractivity contribution in [3.05, 3.63) is 71.4 Å². The summed E-state index contributed by atoms with van der Waals surface area (Å²) in [4.78, 5) is 16.8. The van der Waals surface area contributed by atoms with E-state index < -0.39 is 0 Å². The molecule has 2 aliphatic rings. The van der Waals surface area contributed by atoms with E-state index in [0.717, 1.165) is 12.8 Å². The summed E-state index contributed by atoms with van der Waals surface area (Å²) in [7, 11) is 0. The molecule has 0 fully saturated rings. The molecule has 1 aliphatic carbocycles. The molecule has 142 valence electrons. The number of aryl methyl sites for hydroxylation is 1. The number of ether oxygens (including phenoxy) is 3. The summed E-state index contributed by atoms with van der Waals surface area (Å²) in [6, 6.07) is 13.5. The number of aromatic nitrogens is 1. The van der Waals surface area contributed by atoms with Crippen LogP contribution in [0.5, 0.6) is 17.2 Å². The van der Waals surface area contributed by atoms with E-state index >= 15 is 0 Å². The van der Waals surface area contributed by atoms with Crippen molar-refractivity contribution >= 4 is 5.91 Å². The van der Waals surface area contributed by atoms with E-state index in [-0.39, 0.29) is 31.0 Å². The zero-order chi connectivity index (χ0) is 18.9. The maximum absolute atomic E-state index is 12.5. The van der Waals surface area contributed by atoms with Gasteiger partial charge >= 0.3 is 0 Å². The fraction of sp³-hybridized carbons (Fsp3) is 0.238. The Kier molecular flexibility index (Phi) is 4.12. The third-order valence-corrected chi connectivity index (χ3v) is 4.93. The monoisotopic (exact) mass is 378 g/mol. The van der Waals surface area contributed by atoms with E-state index in [9.17, 15) is 4.79 Å². The number of carbonyl (C=O) groups is 1. The lowest BCUT2D eigenvalue weighted by atomic mass is 10.1. The lowest BCUT2D eigenvalue weighted by Crippen LogP contribution is -2.27. The maximum atomic E-state index is 12.5. The summed E-state index contributed by atoms with van der Waals surface area (Å²) in [5, 5.41) is 3.03. The fourth-order valence-corrected chi connectivity index (χ4v) is 3.53. The number of amides is 1. The number of hydrogen-bond donors (Lipinski definition) is 1. The number of carbonyl (C=O) groups excluding carboxylic acids is 1. The largest absolute Gasteiger partial charge is 0.484 e. The van der Waals surface area contributed by atoms with E-state index in [4.69, 9.17) is 18.6 Å². The first kappa shape index (κ1) is 16.7. The predicted molar refractivity (Wildman–Crippen MR) is 98.4 cm³/mol. The van der Waals surface area contributed by atoms with Crippen molar-refractivity contribution < 1.29 is 23.4 Å². The van der Waals surface area contributed by atoms with Gasteiger partial charge in [0.1, 0.15) is 12.0 Å². The molecule has 2 aromatic carbocycles. The topological polar surface area (TPSA) is 82.8 Å². The normalized spacial score (nSPS) is 16.6. The van der Waals surface area contributed by atoms with Crippen LogP contribution in [-0.4, -0.2) is 17.7 Å². The average molecular weight is 378 g/mol. The first-order chi connectivity index (χ1) is 13.8. The molecule has 28 heavy (non-hydrogen) atoms. The molecule has 0 unspecified atom stereocenters. The number of oxazole rings is 1. The Hall–Kier alpha value is -3.48. The molecule has 1 aromatic heterocycles. The van der Waals surface area contributed by atoms with Gasteiger partial charge in [-0.1, -0.05) is 24.3 Å². The second-order valence-electron chi connectivity index (χ2n) is 6.69. The Bertz CT molecular complexity index is 1030. The minimum atomic E-state index is -0.250. The Morgan fingerprint density at radius 2 is 2.07 bits per heavy atom. The first-order valence-corrected chi connectivity index (χ1v) is 9.12. The smallest absolute Gasteiger partial charge is 0.273 e. The van der Waals surface area contributed by atoms with Crippen molar-refractivity contribution in [3.63, 3.8) is 0 Å². The number of fused-ring (bicyclic) bond motifs is 2. The minimum absolute atomic E-state index is 0.00809. The summed E-state index contributed by atoms with van der Waals surface area (Å²) in [6.07, 6.45) is 3.21. The molecule has 7 heteroatoms. The Balaban J connectivity index is 1.21. The Labute approximate surface area is 161 Å². The maximum Gasteiger partial charge on any atom is 0.273 e. The lowest BCUT2D eigenvalue weighted by molar-refractivity contribution is 0.0931. The van der Waals surface area contributed by atoms with Gasteiger partial charge in [-0.15, -0.1) is 0 Å². The van der Waals surface area contributed by atoms with E-state index in [1.807, 2.05) is 12.1 Å². The third kappa shape index (κ3) is 3.15. The summed E-state index contributed by atoms with van der Waals surface area (Å²) in [5.74, 6) is 2.02. The van der Waals surface area contributed by atoms with Gasteiger partial charge in [0, 0.05) is 6.07 Å². The number of nitrogens with one attached hydrogen (secondary N) is 1. The molecule has 0 bridgehead atoms. The van der Waals surface area contributed by atoms with Gasteiger partial charge in [-0.3, -0.25) is 4.79 Å². The summed E-state index contributed by atoms with van der Waals surface area (Å²) >= 11 is 0. The fourth-order valence-electron chi connectivity index (χ4n) is 3.53. The van der Waals surface area contributed by atoms with Crippen molar-refractivity contribution in [1.82, 2.24) is 10.3 Å². The molecule has 1 N–H and O–H groups in total. The molecular formula is C21H18N2O5. The Morgan fingerprint density at radius 1 is 1.18 bits per heavy atom. The summed E-state index contributed by atoms with van der Waals surface area (Å²) in [5.41, 5.74) is 2.70. The molecule has 0 spiro atoms. The van der Waals surface area contributed by atoms with Gasteiger partial charge in [0.15, 0.2) is 23.8 Å². The van der Waals surface area contributed by atoms with Crippen molar-refractivity contribution in [2.24, 2.45) is 0 Å². The summed E-state index contributed by atoms with van der Waals surface area (Å²) < 4.78 is 21.6. The van der Waals surface area contributed by atoms with Gasteiger partial charge in [0.25, 0.3) is 5.91 Å². The summed E-state index contributed by atoms with van der Waals surface area (Å²) in [6.45, 7) is 0.321. The van der Waals surface area contributed by atoms with Gasteiger partial charge in [0.2, 0.25) is 12.7 Å². The molecular weight excluding hydrogens is 360 g/mol. The van der Waals surface area contributed by atoms with Gasteiger partial charge in [-0.25, -0.2) is 4.98 Å². The molecule has 7 nitrogen and oxygen atoms in total. The predicted octanol–water partition coefficient (Wildman–Crippen LogP) is 3.40. The second kappa shape index (κ2) is 6.92. The van der Waals surface area contributed by atoms with Crippen LogP contribution in [0.1, 0.15) is 40.0 Å². The number of rotatable bonds is 5. The first-order valence-electron chi connectivity index (χ1n) is 9.12. The Morgan fingerprint density at radius 3 is 3.04 bits per heavy atom. The number of nitrogens with zero attached hydrogens (tertiary/aromatic N) is 1. The van der Waals surface area contributed by atoms with Crippen LogP contribution in [0.3, 0.4) is 0 Å². The van der Waals surface area contributed by atoms with Gasteiger partial charge in [-0.2, -0.15) is 0 Å². The molecule has 1 amide bonds. The van der Waals surface area contributed by atoms with Crippen LogP contribution in [0.2, 0.25) is 0 Å². The van der Waals surface area contributed by atoms with Crippen LogP contribution in [0, 0.1) is 0 Å². The number of hydrogen-bond acceptors (Lipinski definition) is 6. The van der Waals surface area contributed by atoms with Crippen LogP contribution in [0.25, 0.3) is 0 Å². The van der Waals surface area contributed by atoms with Crippen molar-refractivity contribution in [3.8, 4) is 17.2 Å². The van der Waals surface area contributed by atoms with Crippen molar-refractivity contribution in [1.29, 1.82) is 0 Å². The zero-order valence-corrected chi connectivity index (χ0v) is 15.0. The van der Waals surface area contributed by atoms with Crippen molar-refractivity contribution in [2.75, 3.05) is 6.79 Å². The zero-order valence-electron chi connectivity index (χ0n) is 15.0. The minimum Gasteiger partial charge on any atom is -0.484 e. The molecule has 0 radical (unpaired) electrons. The quantitative estimate of drug-likeness (QED) is 0.733. The highest BCUT2D eigenvalue weighted by Gasteiger charge is 2.25. The lowest BCUT2D eigenvalue weighted by Gasteiger charge is -2.12. The highest BCUT2D eigenvalue weighted by molar-refractivity contribution is 5.92. The van der Waals surface area contributed by atoms with E-state index in [0.29, 0.717) is 23.1 Å². The van der Waals surface area contributed by atoms with E-state index in [1.165, 1.54) is 17.4 Å². The third-order valence-electron chi connectivity index (χ3n) is 4.93. The van der Waals surface area contributed by atoms with Gasteiger partial charge in [-0.05, 0) is 36.1 Å². The standard InChI is InChI=1S/C21H18N2O5/c24-21(23-16-7-5-13-3-1-2-4-15(13)16)17-10-26-20(22-17)11-25-14-6-8-18-19(9-14)28-12-27-18/h1-4,6,8-10,16H,5,7,11-12H2,(H,23,24)/t16-/m1/s1. The number of benzene rings is 2. The van der Waals surface area contributed by atoms with Crippen molar-refractivity contribution in [2.45, 2.75) is 25.5 Å². The van der Waals surface area contributed by atoms with Crippen LogP contribution in [-0.2, 0) is 13.0 Å². The molecule has 0 saturated heterocycles. The average Bonchev–Trinajstić information content (AvgIpc) is 3.46. The second-order valence-corrected chi connectivity index (χ2v) is 6.69. The van der Waals surface area contributed by atoms with E-state index in [2.05, 4.69) is 22.4 Å². The molecule has 1 atom stereocenters. The highest BCUT2D eigenvalue weighted by atomic mass is 16.7.